The zero-order valence-corrected chi connectivity index (χ0v) is 23.6. The van der Waals surface area contributed by atoms with Crippen molar-refractivity contribution in [1.29, 1.82) is 0 Å². The molecule has 39 heavy (non-hydrogen) atoms. The fourth-order valence-electron chi connectivity index (χ4n) is 6.30. The predicted molar refractivity (Wildman–Crippen MR) is 152 cm³/mol. The van der Waals surface area contributed by atoms with Gasteiger partial charge in [0.25, 0.3) is 5.91 Å². The molecule has 1 aliphatic carbocycles. The van der Waals surface area contributed by atoms with Gasteiger partial charge in [-0.05, 0) is 30.7 Å². The lowest BCUT2D eigenvalue weighted by Crippen LogP contribution is -2.56. The molecule has 0 radical (unpaired) electrons. The molecule has 0 bridgehead atoms. The number of benzene rings is 1. The predicted octanol–water partition coefficient (Wildman–Crippen LogP) is 4.41. The summed E-state index contributed by atoms with van der Waals surface area (Å²) in [5, 5.41) is 28.0. The second-order valence-electron chi connectivity index (χ2n) is 11.7. The molecule has 4 unspecified atom stereocenters. The normalized spacial score (nSPS) is 19.3. The quantitative estimate of drug-likeness (QED) is 0.281. The number of thiazole rings is 1. The molecule has 0 spiro atoms. The minimum Gasteiger partial charge on any atom is -0.390 e. The van der Waals surface area contributed by atoms with Crippen molar-refractivity contribution in [3.63, 3.8) is 0 Å². The van der Waals surface area contributed by atoms with Gasteiger partial charge in [-0.15, -0.1) is 11.3 Å². The van der Waals surface area contributed by atoms with Crippen molar-refractivity contribution >= 4 is 34.1 Å². The highest BCUT2D eigenvalue weighted by molar-refractivity contribution is 7.07. The highest BCUT2D eigenvalue weighted by Gasteiger charge is 2.40. The monoisotopic (exact) mass is 552 g/mol. The Hall–Kier alpha value is -2.75. The van der Waals surface area contributed by atoms with Crippen LogP contribution in [-0.2, 0) is 17.8 Å². The van der Waals surface area contributed by atoms with Gasteiger partial charge in [-0.3, -0.25) is 9.59 Å². The van der Waals surface area contributed by atoms with Gasteiger partial charge in [0.15, 0.2) is 0 Å². The van der Waals surface area contributed by atoms with E-state index in [1.165, 1.54) is 17.8 Å². The Balaban J connectivity index is 1.39. The van der Waals surface area contributed by atoms with Gasteiger partial charge in [0.2, 0.25) is 5.91 Å². The molecule has 3 aromatic rings. The van der Waals surface area contributed by atoms with Gasteiger partial charge >= 0.3 is 0 Å². The van der Waals surface area contributed by atoms with Crippen LogP contribution in [0.4, 0.5) is 0 Å². The number of nitrogens with one attached hydrogen (secondary N) is 2. The number of carbonyl (C=O) groups excluding carboxylic acids is 2. The minimum absolute atomic E-state index is 0.208. The SMILES string of the molecule is CC(C)CC(O)C(O)C(CC1CCCCC1)NC(=O)C(Cc1cscn1)N1Cc2c([nH]c3ccccc23)C1=O. The van der Waals surface area contributed by atoms with Crippen LogP contribution in [0.3, 0.4) is 0 Å². The second-order valence-corrected chi connectivity index (χ2v) is 12.4. The maximum Gasteiger partial charge on any atom is 0.271 e. The summed E-state index contributed by atoms with van der Waals surface area (Å²) in [7, 11) is 0. The first-order valence-electron chi connectivity index (χ1n) is 14.3. The number of amides is 2. The number of para-hydroxylation sites is 1. The molecule has 1 aliphatic heterocycles. The minimum atomic E-state index is -1.08. The lowest BCUT2D eigenvalue weighted by molar-refractivity contribution is -0.128. The number of nitrogens with zero attached hydrogens (tertiary/aromatic N) is 2. The van der Waals surface area contributed by atoms with Crippen LogP contribution in [0.25, 0.3) is 10.9 Å². The summed E-state index contributed by atoms with van der Waals surface area (Å²) in [4.78, 5) is 36.9. The van der Waals surface area contributed by atoms with Gasteiger partial charge in [-0.1, -0.05) is 64.2 Å². The molecule has 1 aromatic carbocycles. The Labute approximate surface area is 233 Å². The molecule has 9 heteroatoms. The van der Waals surface area contributed by atoms with Crippen molar-refractivity contribution in [2.24, 2.45) is 11.8 Å². The van der Waals surface area contributed by atoms with E-state index in [1.54, 1.807) is 10.4 Å². The highest BCUT2D eigenvalue weighted by atomic mass is 32.1. The standard InChI is InChI=1S/C30H40N4O4S/c1-18(2)12-26(35)28(36)24(13-19-8-4-3-5-9-19)33-29(37)25(14-20-16-39-17-31-20)34-15-22-21-10-6-7-11-23(21)32-27(22)30(34)38/h6-7,10-11,16-19,24-26,28,32,35-36H,3-5,8-9,12-15H2,1-2H3,(H,33,37). The molecule has 4 N–H and O–H groups in total. The summed E-state index contributed by atoms with van der Waals surface area (Å²) in [5.41, 5.74) is 4.81. The van der Waals surface area contributed by atoms with Crippen molar-refractivity contribution in [3.8, 4) is 0 Å². The first kappa shape index (κ1) is 27.8. The molecule has 2 aliphatic rings. The molecule has 2 aromatic heterocycles. The maximum atomic E-state index is 14.0. The van der Waals surface area contributed by atoms with Crippen LogP contribution in [0.5, 0.6) is 0 Å². The molecule has 0 saturated heterocycles. The summed E-state index contributed by atoms with van der Waals surface area (Å²) in [5.74, 6) is 0.0777. The first-order valence-corrected chi connectivity index (χ1v) is 15.2. The average Bonchev–Trinajstić information content (AvgIpc) is 3.64. The molecule has 3 heterocycles. The third-order valence-electron chi connectivity index (χ3n) is 8.34. The number of H-pyrrole nitrogens is 1. The van der Waals surface area contributed by atoms with Gasteiger partial charge in [0.1, 0.15) is 17.8 Å². The van der Waals surface area contributed by atoms with Crippen LogP contribution in [0.1, 0.15) is 80.5 Å². The van der Waals surface area contributed by atoms with Crippen molar-refractivity contribution in [3.05, 3.63) is 52.1 Å². The van der Waals surface area contributed by atoms with Crippen molar-refractivity contribution in [1.82, 2.24) is 20.2 Å². The zero-order valence-electron chi connectivity index (χ0n) is 22.8. The number of aromatic nitrogens is 2. The van der Waals surface area contributed by atoms with E-state index in [4.69, 9.17) is 0 Å². The fraction of sp³-hybridized carbons (Fsp3) is 0.567. The summed E-state index contributed by atoms with van der Waals surface area (Å²) < 4.78 is 0. The average molecular weight is 553 g/mol. The molecular weight excluding hydrogens is 512 g/mol. The number of hydrogen-bond acceptors (Lipinski definition) is 6. The van der Waals surface area contributed by atoms with Crippen LogP contribution in [0.2, 0.25) is 0 Å². The molecule has 5 rings (SSSR count). The van der Waals surface area contributed by atoms with Gasteiger partial charge in [0, 0.05) is 34.8 Å². The van der Waals surface area contributed by atoms with Crippen LogP contribution < -0.4 is 5.32 Å². The van der Waals surface area contributed by atoms with E-state index in [0.717, 1.165) is 47.8 Å². The second kappa shape index (κ2) is 12.2. The maximum absolute atomic E-state index is 14.0. The van der Waals surface area contributed by atoms with E-state index >= 15 is 0 Å². The van der Waals surface area contributed by atoms with E-state index in [-0.39, 0.29) is 24.2 Å². The zero-order chi connectivity index (χ0) is 27.5. The third kappa shape index (κ3) is 6.21. The number of aromatic amines is 1. The van der Waals surface area contributed by atoms with Gasteiger partial charge < -0.3 is 25.4 Å². The van der Waals surface area contributed by atoms with Crippen molar-refractivity contribution in [2.45, 2.75) is 96.1 Å². The Morgan fingerprint density at radius 1 is 1.21 bits per heavy atom. The fourth-order valence-corrected chi connectivity index (χ4v) is 6.87. The van der Waals surface area contributed by atoms with Crippen LogP contribution in [0, 0.1) is 11.8 Å². The number of fused-ring (bicyclic) bond motifs is 3. The third-order valence-corrected chi connectivity index (χ3v) is 8.98. The van der Waals surface area contributed by atoms with E-state index in [2.05, 4.69) is 15.3 Å². The van der Waals surface area contributed by atoms with Gasteiger partial charge in [-0.25, -0.2) is 4.98 Å². The number of aliphatic hydroxyl groups excluding tert-OH is 2. The lowest BCUT2D eigenvalue weighted by atomic mass is 9.82. The molecule has 8 nitrogen and oxygen atoms in total. The van der Waals surface area contributed by atoms with Gasteiger partial charge in [0.05, 0.1) is 23.4 Å². The van der Waals surface area contributed by atoms with Crippen molar-refractivity contribution < 1.29 is 19.8 Å². The topological polar surface area (TPSA) is 119 Å². The van der Waals surface area contributed by atoms with Crippen LogP contribution >= 0.6 is 11.3 Å². The van der Waals surface area contributed by atoms with E-state index in [9.17, 15) is 19.8 Å². The van der Waals surface area contributed by atoms with Crippen LogP contribution in [-0.4, -0.2) is 61.2 Å². The Morgan fingerprint density at radius 2 is 1.97 bits per heavy atom. The number of carbonyl (C=O) groups is 2. The summed E-state index contributed by atoms with van der Waals surface area (Å²) in [6, 6.07) is 6.43. The molecule has 4 atom stereocenters. The Kier molecular flexibility index (Phi) is 8.69. The number of aliphatic hydroxyl groups is 2. The Morgan fingerprint density at radius 3 is 2.69 bits per heavy atom. The smallest absolute Gasteiger partial charge is 0.271 e. The largest absolute Gasteiger partial charge is 0.390 e. The summed E-state index contributed by atoms with van der Waals surface area (Å²) >= 11 is 1.45. The van der Waals surface area contributed by atoms with E-state index < -0.39 is 24.3 Å². The van der Waals surface area contributed by atoms with E-state index in [0.29, 0.717) is 31.0 Å². The summed E-state index contributed by atoms with van der Waals surface area (Å²) in [6.07, 6.45) is 4.97. The highest BCUT2D eigenvalue weighted by Crippen LogP contribution is 2.33. The van der Waals surface area contributed by atoms with E-state index in [1.807, 2.05) is 43.5 Å². The van der Waals surface area contributed by atoms with Gasteiger partial charge in [-0.2, -0.15) is 0 Å². The van der Waals surface area contributed by atoms with Crippen LogP contribution in [0.15, 0.2) is 35.2 Å². The first-order chi connectivity index (χ1) is 18.8. The Bertz CT molecular complexity index is 1270. The molecular formula is C30H40N4O4S. The number of rotatable bonds is 11. The summed E-state index contributed by atoms with van der Waals surface area (Å²) in [6.45, 7) is 4.34. The molecule has 1 fully saturated rings. The molecule has 210 valence electrons. The molecule has 2 amide bonds. The van der Waals surface area contributed by atoms with Crippen molar-refractivity contribution in [2.75, 3.05) is 0 Å². The number of hydrogen-bond donors (Lipinski definition) is 4. The molecule has 1 saturated carbocycles. The lowest BCUT2D eigenvalue weighted by Gasteiger charge is -2.35.